The van der Waals surface area contributed by atoms with E-state index in [0.717, 1.165) is 17.8 Å². The van der Waals surface area contributed by atoms with Crippen LogP contribution in [0.2, 0.25) is 0 Å². The first-order valence-corrected chi connectivity index (χ1v) is 6.78. The van der Waals surface area contributed by atoms with Crippen molar-refractivity contribution in [3.8, 4) is 0 Å². The highest BCUT2D eigenvalue weighted by molar-refractivity contribution is 5.57. The molecule has 6 nitrogen and oxygen atoms in total. The van der Waals surface area contributed by atoms with Crippen LogP contribution in [0.1, 0.15) is 33.3 Å². The minimum absolute atomic E-state index is 0.214. The van der Waals surface area contributed by atoms with Gasteiger partial charge in [0, 0.05) is 12.2 Å². The standard InChI is InChI=1S/C13H25N5O/c1-5-10-12(15-8-16-13(10)18-14)17-11(9(3)4)7-19-6-2/h8-9,11H,5-7,14H2,1-4H3,(H2,15,16,17,18). The van der Waals surface area contributed by atoms with Crippen LogP contribution in [0.3, 0.4) is 0 Å². The molecule has 19 heavy (non-hydrogen) atoms. The van der Waals surface area contributed by atoms with Crippen molar-refractivity contribution < 1.29 is 4.74 Å². The molecule has 4 N–H and O–H groups in total. The van der Waals surface area contributed by atoms with Crippen LogP contribution in [0.5, 0.6) is 0 Å². The van der Waals surface area contributed by atoms with E-state index in [-0.39, 0.29) is 6.04 Å². The first-order valence-electron chi connectivity index (χ1n) is 6.78. The summed E-state index contributed by atoms with van der Waals surface area (Å²) in [5.41, 5.74) is 3.60. The molecular formula is C13H25N5O. The number of nitrogen functional groups attached to an aromatic ring is 1. The number of hydrogen-bond acceptors (Lipinski definition) is 6. The van der Waals surface area contributed by atoms with E-state index in [1.165, 1.54) is 6.33 Å². The smallest absolute Gasteiger partial charge is 0.148 e. The third kappa shape index (κ3) is 4.33. The molecule has 0 radical (unpaired) electrons. The summed E-state index contributed by atoms with van der Waals surface area (Å²) in [6, 6.07) is 0.214. The fourth-order valence-electron chi connectivity index (χ4n) is 1.82. The second-order valence-corrected chi connectivity index (χ2v) is 4.70. The summed E-state index contributed by atoms with van der Waals surface area (Å²) in [6.07, 6.45) is 2.32. The lowest BCUT2D eigenvalue weighted by molar-refractivity contribution is 0.126. The van der Waals surface area contributed by atoms with Gasteiger partial charge in [0.2, 0.25) is 0 Å². The van der Waals surface area contributed by atoms with Gasteiger partial charge in [-0.3, -0.25) is 0 Å². The van der Waals surface area contributed by atoms with Crippen LogP contribution in [0, 0.1) is 5.92 Å². The zero-order valence-corrected chi connectivity index (χ0v) is 12.2. The van der Waals surface area contributed by atoms with Gasteiger partial charge in [-0.1, -0.05) is 20.8 Å². The Hall–Kier alpha value is -1.40. The second-order valence-electron chi connectivity index (χ2n) is 4.70. The molecule has 0 spiro atoms. The summed E-state index contributed by atoms with van der Waals surface area (Å²) in [5.74, 6) is 7.41. The SMILES string of the molecule is CCOCC(Nc1ncnc(NN)c1CC)C(C)C. The Morgan fingerprint density at radius 2 is 1.95 bits per heavy atom. The lowest BCUT2D eigenvalue weighted by Gasteiger charge is -2.24. The van der Waals surface area contributed by atoms with Gasteiger partial charge >= 0.3 is 0 Å². The highest BCUT2D eigenvalue weighted by atomic mass is 16.5. The second kappa shape index (κ2) is 7.91. The number of nitrogens with one attached hydrogen (secondary N) is 2. The van der Waals surface area contributed by atoms with Crippen molar-refractivity contribution in [2.75, 3.05) is 24.0 Å². The molecule has 0 saturated heterocycles. The fraction of sp³-hybridized carbons (Fsp3) is 0.692. The third-order valence-electron chi connectivity index (χ3n) is 3.06. The normalized spacial score (nSPS) is 12.5. The molecule has 0 aliphatic carbocycles. The van der Waals surface area contributed by atoms with E-state index in [4.69, 9.17) is 10.6 Å². The predicted molar refractivity (Wildman–Crippen MR) is 78.0 cm³/mol. The Kier molecular flexibility index (Phi) is 6.52. The quantitative estimate of drug-likeness (QED) is 0.492. The van der Waals surface area contributed by atoms with Gasteiger partial charge in [-0.2, -0.15) is 0 Å². The van der Waals surface area contributed by atoms with E-state index in [0.29, 0.717) is 24.9 Å². The molecule has 0 amide bonds. The molecule has 1 aromatic rings. The Morgan fingerprint density at radius 3 is 2.47 bits per heavy atom. The number of hydrogen-bond donors (Lipinski definition) is 3. The van der Waals surface area contributed by atoms with Crippen LogP contribution in [-0.4, -0.2) is 29.2 Å². The molecule has 0 saturated carbocycles. The van der Waals surface area contributed by atoms with Crippen molar-refractivity contribution in [1.82, 2.24) is 9.97 Å². The van der Waals surface area contributed by atoms with Gasteiger partial charge in [-0.25, -0.2) is 15.8 Å². The van der Waals surface area contributed by atoms with Crippen LogP contribution in [0.4, 0.5) is 11.6 Å². The number of hydrazine groups is 1. The Morgan fingerprint density at radius 1 is 1.26 bits per heavy atom. The number of anilines is 2. The maximum atomic E-state index is 5.51. The van der Waals surface area contributed by atoms with E-state index >= 15 is 0 Å². The molecule has 0 aromatic carbocycles. The summed E-state index contributed by atoms with van der Waals surface area (Å²) in [4.78, 5) is 8.44. The largest absolute Gasteiger partial charge is 0.380 e. The molecule has 0 fully saturated rings. The zero-order valence-electron chi connectivity index (χ0n) is 12.2. The van der Waals surface area contributed by atoms with E-state index in [1.54, 1.807) is 0 Å². The van der Waals surface area contributed by atoms with Crippen LogP contribution in [0.25, 0.3) is 0 Å². The van der Waals surface area contributed by atoms with Crippen molar-refractivity contribution in [1.29, 1.82) is 0 Å². The van der Waals surface area contributed by atoms with Crippen molar-refractivity contribution in [3.05, 3.63) is 11.9 Å². The van der Waals surface area contributed by atoms with Gasteiger partial charge in [0.25, 0.3) is 0 Å². The van der Waals surface area contributed by atoms with Gasteiger partial charge in [0.05, 0.1) is 12.6 Å². The van der Waals surface area contributed by atoms with Gasteiger partial charge in [0.15, 0.2) is 0 Å². The molecule has 1 heterocycles. The maximum Gasteiger partial charge on any atom is 0.148 e. The van der Waals surface area contributed by atoms with Crippen LogP contribution in [0.15, 0.2) is 6.33 Å². The monoisotopic (exact) mass is 267 g/mol. The van der Waals surface area contributed by atoms with Gasteiger partial charge in [-0.15, -0.1) is 0 Å². The first-order chi connectivity index (χ1) is 9.13. The summed E-state index contributed by atoms with van der Waals surface area (Å²) in [6.45, 7) is 9.74. The Balaban J connectivity index is 2.89. The number of nitrogens with two attached hydrogens (primary N) is 1. The molecule has 108 valence electrons. The minimum atomic E-state index is 0.214. The van der Waals surface area contributed by atoms with E-state index in [2.05, 4.69) is 41.5 Å². The molecule has 1 unspecified atom stereocenters. The number of nitrogens with zero attached hydrogens (tertiary/aromatic N) is 2. The minimum Gasteiger partial charge on any atom is -0.380 e. The number of aromatic nitrogens is 2. The summed E-state index contributed by atoms with van der Waals surface area (Å²) in [7, 11) is 0. The molecular weight excluding hydrogens is 242 g/mol. The molecule has 0 aliphatic heterocycles. The summed E-state index contributed by atoms with van der Waals surface area (Å²) in [5, 5.41) is 3.44. The van der Waals surface area contributed by atoms with Crippen LogP contribution in [-0.2, 0) is 11.2 Å². The van der Waals surface area contributed by atoms with Crippen LogP contribution < -0.4 is 16.6 Å². The average molecular weight is 267 g/mol. The van der Waals surface area contributed by atoms with Gasteiger partial charge < -0.3 is 15.5 Å². The van der Waals surface area contributed by atoms with Crippen molar-refractivity contribution >= 4 is 11.6 Å². The van der Waals surface area contributed by atoms with Crippen molar-refractivity contribution in [3.63, 3.8) is 0 Å². The van der Waals surface area contributed by atoms with E-state index in [1.807, 2.05) is 6.92 Å². The van der Waals surface area contributed by atoms with Crippen LogP contribution >= 0.6 is 0 Å². The highest BCUT2D eigenvalue weighted by Gasteiger charge is 2.17. The van der Waals surface area contributed by atoms with Crippen molar-refractivity contribution in [2.24, 2.45) is 11.8 Å². The topological polar surface area (TPSA) is 85.1 Å². The Labute approximate surface area is 115 Å². The number of ether oxygens (including phenoxy) is 1. The van der Waals surface area contributed by atoms with Crippen molar-refractivity contribution in [2.45, 2.75) is 40.2 Å². The first kappa shape index (κ1) is 15.7. The maximum absolute atomic E-state index is 5.51. The average Bonchev–Trinajstić information content (AvgIpc) is 2.42. The molecule has 1 atom stereocenters. The molecule has 0 bridgehead atoms. The van der Waals surface area contributed by atoms with E-state index < -0.39 is 0 Å². The molecule has 1 rings (SSSR count). The Bertz CT molecular complexity index is 383. The van der Waals surface area contributed by atoms with Gasteiger partial charge in [-0.05, 0) is 19.3 Å². The lowest BCUT2D eigenvalue weighted by Crippen LogP contribution is -2.32. The summed E-state index contributed by atoms with van der Waals surface area (Å²) >= 11 is 0. The third-order valence-corrected chi connectivity index (χ3v) is 3.06. The summed E-state index contributed by atoms with van der Waals surface area (Å²) < 4.78 is 5.51. The van der Waals surface area contributed by atoms with E-state index in [9.17, 15) is 0 Å². The predicted octanol–water partition coefficient (Wildman–Crippen LogP) is 1.80. The molecule has 0 aliphatic rings. The zero-order chi connectivity index (χ0) is 14.3. The lowest BCUT2D eigenvalue weighted by atomic mass is 10.0. The number of rotatable bonds is 8. The molecule has 6 heteroatoms. The van der Waals surface area contributed by atoms with Gasteiger partial charge in [0.1, 0.15) is 18.0 Å². The molecule has 1 aromatic heterocycles. The fourth-order valence-corrected chi connectivity index (χ4v) is 1.82. The highest BCUT2D eigenvalue weighted by Crippen LogP contribution is 2.21.